The summed E-state index contributed by atoms with van der Waals surface area (Å²) in [4.78, 5) is 27.5. The summed E-state index contributed by atoms with van der Waals surface area (Å²) in [5.74, 6) is 3.59. The third kappa shape index (κ3) is 5.84. The molecule has 5 saturated carbocycles. The molecule has 0 amide bonds. The molecule has 318 valence electrons. The average Bonchev–Trinajstić information content (AvgIpc) is 3.71. The first kappa shape index (κ1) is 42.1. The van der Waals surface area contributed by atoms with Crippen LogP contribution in [0.25, 0.3) is 0 Å². The lowest BCUT2D eigenvalue weighted by Crippen LogP contribution is -2.84. The Morgan fingerprint density at radius 2 is 1.86 bits per heavy atom. The second-order valence-corrected chi connectivity index (χ2v) is 20.1. The smallest absolute Gasteiger partial charge is 0.331 e. The van der Waals surface area contributed by atoms with Crippen LogP contribution in [0.5, 0.6) is 0 Å². The zero-order valence-electron chi connectivity index (χ0n) is 35.0. The van der Waals surface area contributed by atoms with E-state index in [1.165, 1.54) is 0 Å². The summed E-state index contributed by atoms with van der Waals surface area (Å²) < 4.78 is 6.20. The second kappa shape index (κ2) is 15.4. The summed E-state index contributed by atoms with van der Waals surface area (Å²) in [5.41, 5.74) is -5.08. The van der Waals surface area contributed by atoms with Crippen LogP contribution in [0.1, 0.15) is 127 Å². The predicted octanol–water partition coefficient (Wildman–Crippen LogP) is 4.52. The van der Waals surface area contributed by atoms with Gasteiger partial charge in [0.05, 0.1) is 29.8 Å². The van der Waals surface area contributed by atoms with Crippen molar-refractivity contribution in [3.63, 3.8) is 0 Å². The molecule has 1 aliphatic heterocycles. The Hall–Kier alpha value is -2.62. The van der Waals surface area contributed by atoms with Crippen molar-refractivity contribution in [3.8, 4) is 11.8 Å². The number of carbonyl (C=O) groups is 2. The van der Waals surface area contributed by atoms with Gasteiger partial charge in [-0.2, -0.15) is 0 Å². The molecule has 6 aliphatic carbocycles. The quantitative estimate of drug-likeness (QED) is 0.0772. The van der Waals surface area contributed by atoms with Gasteiger partial charge >= 0.3 is 5.97 Å². The van der Waals surface area contributed by atoms with Gasteiger partial charge in [0.25, 0.3) is 0 Å². The Labute approximate surface area is 344 Å². The molecule has 10 nitrogen and oxygen atoms in total. The second-order valence-electron chi connectivity index (χ2n) is 20.1. The number of fused-ring (bicyclic) bond motifs is 8. The molecule has 8 rings (SSSR count). The van der Waals surface area contributed by atoms with Crippen LogP contribution in [0, 0.1) is 64.1 Å². The van der Waals surface area contributed by atoms with Crippen molar-refractivity contribution in [2.45, 2.75) is 165 Å². The van der Waals surface area contributed by atoms with E-state index in [1.807, 2.05) is 25.2 Å². The fraction of sp³-hybridized carbons (Fsp3) is 0.750. The molecular weight excluding hydrogens is 735 g/mol. The maximum atomic E-state index is 14.1. The summed E-state index contributed by atoms with van der Waals surface area (Å²) in [5, 5.41) is 79.8. The standard InChI is InChI=1S/C48H67NO9/c1-5-6-7-12-30-23-45(27-51)39-17-19-44-18-9-8-11-29-13-10-14-31(26-50)33(29)21-37(49-4)34-20-32(41(44)35-22-40(53)58-42(34)35)24-47(44,56)48(39,57)43(54)36(16-15-28(2)3)46(45,55)25-38(30)52/h10,13-14,22,27-28,30,32,34,36-39,41-43,49-50,52,54-57H,5-7,9,12,15-21,23-26H2,1-4H3/t30-,32+,34-,36+,37+,38-,39+,41-,42+,43+,44-,45-,46-,47-,48-/m1/s1. The summed E-state index contributed by atoms with van der Waals surface area (Å²) >= 11 is 0. The minimum Gasteiger partial charge on any atom is -0.454 e. The van der Waals surface area contributed by atoms with Gasteiger partial charge in [0.15, 0.2) is 0 Å². The number of hydrogen-bond acceptors (Lipinski definition) is 10. The van der Waals surface area contributed by atoms with Crippen LogP contribution < -0.4 is 5.32 Å². The van der Waals surface area contributed by atoms with Gasteiger partial charge in [-0.15, -0.1) is 0 Å². The number of carbonyl (C=O) groups excluding carboxylic acids is 2. The number of esters is 1. The zero-order chi connectivity index (χ0) is 41.4. The fourth-order valence-corrected chi connectivity index (χ4v) is 14.8. The van der Waals surface area contributed by atoms with Crippen molar-refractivity contribution in [1.29, 1.82) is 0 Å². The van der Waals surface area contributed by atoms with E-state index >= 15 is 0 Å². The lowest BCUT2D eigenvalue weighted by molar-refractivity contribution is -0.370. The molecule has 1 heterocycles. The number of likely N-dealkylation sites (N-methyl/N-ethyl adjacent to an activating group) is 1. The summed E-state index contributed by atoms with van der Waals surface area (Å²) in [6.07, 6.45) is 6.64. The van der Waals surface area contributed by atoms with Crippen LogP contribution in [0.4, 0.5) is 0 Å². The first-order chi connectivity index (χ1) is 27.7. The number of aldehydes is 1. The highest BCUT2D eigenvalue weighted by Gasteiger charge is 2.84. The highest BCUT2D eigenvalue weighted by molar-refractivity contribution is 5.86. The van der Waals surface area contributed by atoms with E-state index in [2.05, 4.69) is 37.9 Å². The molecule has 58 heavy (non-hydrogen) atoms. The first-order valence-corrected chi connectivity index (χ1v) is 22.5. The number of aliphatic hydroxyl groups excluding tert-OH is 3. The van der Waals surface area contributed by atoms with Crippen LogP contribution in [0.3, 0.4) is 0 Å². The molecule has 1 spiro atoms. The molecule has 5 fully saturated rings. The summed E-state index contributed by atoms with van der Waals surface area (Å²) in [6, 6.07) is 5.59. The van der Waals surface area contributed by atoms with Crippen molar-refractivity contribution in [3.05, 3.63) is 46.5 Å². The van der Waals surface area contributed by atoms with Crippen LogP contribution >= 0.6 is 0 Å². The highest BCUT2D eigenvalue weighted by Crippen LogP contribution is 2.76. The number of hydrogen-bond donors (Lipinski definition) is 7. The van der Waals surface area contributed by atoms with Crippen molar-refractivity contribution < 1.29 is 45.0 Å². The van der Waals surface area contributed by atoms with E-state index in [0.717, 1.165) is 47.8 Å². The number of aliphatic hydroxyl groups is 6. The maximum absolute atomic E-state index is 14.1. The number of ether oxygens (including phenoxy) is 1. The van der Waals surface area contributed by atoms with Gasteiger partial charge in [-0.1, -0.05) is 70.4 Å². The number of benzene rings is 1. The molecule has 7 aliphatic rings. The lowest BCUT2D eigenvalue weighted by atomic mass is 9.35. The van der Waals surface area contributed by atoms with Crippen molar-refractivity contribution in [2.24, 2.45) is 52.3 Å². The monoisotopic (exact) mass is 801 g/mol. The van der Waals surface area contributed by atoms with Crippen molar-refractivity contribution in [1.82, 2.24) is 5.32 Å². The largest absolute Gasteiger partial charge is 0.454 e. The van der Waals surface area contributed by atoms with Crippen LogP contribution in [-0.4, -0.2) is 91.1 Å². The fourth-order valence-electron chi connectivity index (χ4n) is 14.8. The number of rotatable bonds is 10. The molecule has 10 heteroatoms. The molecule has 0 saturated heterocycles. The van der Waals surface area contributed by atoms with E-state index in [4.69, 9.17) is 4.74 Å². The van der Waals surface area contributed by atoms with Gasteiger partial charge in [-0.3, -0.25) is 0 Å². The maximum Gasteiger partial charge on any atom is 0.331 e. The van der Waals surface area contributed by atoms with Gasteiger partial charge < -0.3 is 45.5 Å². The van der Waals surface area contributed by atoms with Crippen LogP contribution in [-0.2, 0) is 27.4 Å². The minimum atomic E-state index is -2.20. The third-order valence-corrected chi connectivity index (χ3v) is 17.4. The van der Waals surface area contributed by atoms with Gasteiger partial charge in [0, 0.05) is 53.7 Å². The molecule has 1 aromatic carbocycles. The molecule has 0 aromatic heterocycles. The summed E-state index contributed by atoms with van der Waals surface area (Å²) in [7, 11) is 1.89. The molecular formula is C48H67NO9. The van der Waals surface area contributed by atoms with Crippen LogP contribution in [0.2, 0.25) is 0 Å². The van der Waals surface area contributed by atoms with E-state index in [-0.39, 0.29) is 67.9 Å². The van der Waals surface area contributed by atoms with Crippen LogP contribution in [0.15, 0.2) is 29.8 Å². The normalized spacial score (nSPS) is 45.2. The Balaban J connectivity index is 1.31. The zero-order valence-corrected chi connectivity index (χ0v) is 35.0. The Morgan fingerprint density at radius 3 is 2.57 bits per heavy atom. The van der Waals surface area contributed by atoms with Gasteiger partial charge in [0.1, 0.15) is 23.6 Å². The molecule has 1 aromatic rings. The number of unbranched alkanes of at least 4 members (excludes halogenated alkanes) is 2. The SMILES string of the molecule is CCCCC[C@@H]1C[C@@]2(C=O)[C@@H]3CC[C@@]45CCC#Cc6cccc(CO)c6C[C@H](NC)[C@H]6C[C@@H](C[C@]4(O)[C@]3(O)[C@@H](O)[C@H](CCC(C)C)[C@]2(O)C[C@H]1O)[C@@H]5C1=CC(=O)O[C@H]16. The Morgan fingerprint density at radius 1 is 1.07 bits per heavy atom. The Bertz CT molecular complexity index is 1850. The van der Waals surface area contributed by atoms with Gasteiger partial charge in [-0.05, 0) is 111 Å². The van der Waals surface area contributed by atoms with E-state index < -0.39 is 63.8 Å². The third-order valence-electron chi connectivity index (χ3n) is 17.4. The first-order valence-electron chi connectivity index (χ1n) is 22.5. The van der Waals surface area contributed by atoms with Gasteiger partial charge in [-0.25, -0.2) is 4.79 Å². The lowest BCUT2D eigenvalue weighted by Gasteiger charge is -2.72. The number of nitrogens with one attached hydrogen (secondary N) is 1. The molecule has 0 unspecified atom stereocenters. The van der Waals surface area contributed by atoms with Crippen molar-refractivity contribution >= 4 is 12.3 Å². The summed E-state index contributed by atoms with van der Waals surface area (Å²) in [6.45, 7) is 6.11. The molecule has 4 bridgehead atoms. The van der Waals surface area contributed by atoms with E-state index in [0.29, 0.717) is 51.4 Å². The minimum absolute atomic E-state index is 0.0695. The van der Waals surface area contributed by atoms with Gasteiger partial charge in [0.2, 0.25) is 0 Å². The molecule has 15 atom stereocenters. The average molecular weight is 802 g/mol. The van der Waals surface area contributed by atoms with E-state index in [9.17, 15) is 40.2 Å². The van der Waals surface area contributed by atoms with Crippen molar-refractivity contribution in [2.75, 3.05) is 7.05 Å². The molecule has 0 radical (unpaired) electrons. The predicted molar refractivity (Wildman–Crippen MR) is 218 cm³/mol. The molecule has 7 N–H and O–H groups in total. The highest BCUT2D eigenvalue weighted by atomic mass is 16.5. The topological polar surface area (TPSA) is 177 Å². The Kier molecular flexibility index (Phi) is 11.2. The van der Waals surface area contributed by atoms with E-state index in [1.54, 1.807) is 6.08 Å².